The highest BCUT2D eigenvalue weighted by molar-refractivity contribution is 7.89. The number of carbonyl (C=O) groups is 2. The van der Waals surface area contributed by atoms with Crippen LogP contribution in [0.4, 0.5) is 0 Å². The van der Waals surface area contributed by atoms with Gasteiger partial charge in [0.1, 0.15) is 0 Å². The van der Waals surface area contributed by atoms with Crippen LogP contribution in [0.2, 0.25) is 0 Å². The van der Waals surface area contributed by atoms with E-state index in [0.717, 1.165) is 22.0 Å². The number of aryl methyl sites for hydroxylation is 1. The van der Waals surface area contributed by atoms with Crippen molar-refractivity contribution in [1.82, 2.24) is 20.6 Å². The van der Waals surface area contributed by atoms with Gasteiger partial charge in [0.05, 0.1) is 11.3 Å². The summed E-state index contributed by atoms with van der Waals surface area (Å²) in [5.74, 6) is -0.645. The zero-order valence-electron chi connectivity index (χ0n) is 15.9. The third-order valence-corrected chi connectivity index (χ3v) is 5.94. The van der Waals surface area contributed by atoms with Crippen LogP contribution in [0.1, 0.15) is 17.5 Å². The van der Waals surface area contributed by atoms with E-state index in [0.29, 0.717) is 6.42 Å². The van der Waals surface area contributed by atoms with Crippen LogP contribution in [-0.2, 0) is 32.5 Å². The number of carbonyl (C=O) groups excluding carboxylic acids is 2. The molecule has 3 rings (SSSR count). The number of benzene rings is 2. The molecule has 3 aromatic rings. The number of sulfonamides is 1. The molecule has 0 saturated heterocycles. The van der Waals surface area contributed by atoms with E-state index < -0.39 is 10.0 Å². The molecule has 0 atom stereocenters. The van der Waals surface area contributed by atoms with Crippen LogP contribution >= 0.6 is 0 Å². The summed E-state index contributed by atoms with van der Waals surface area (Å²) in [5, 5.41) is 0.970. The molecule has 0 aliphatic rings. The van der Waals surface area contributed by atoms with Gasteiger partial charge in [-0.2, -0.15) is 0 Å². The molecule has 0 unspecified atom stereocenters. The predicted molar refractivity (Wildman–Crippen MR) is 109 cm³/mol. The van der Waals surface area contributed by atoms with Gasteiger partial charge in [0.2, 0.25) is 21.8 Å². The van der Waals surface area contributed by atoms with Crippen LogP contribution < -0.4 is 15.6 Å². The molecule has 2 amide bonds. The Morgan fingerprint density at radius 3 is 2.38 bits per heavy atom. The molecule has 1 aromatic heterocycles. The number of fused-ring (bicyclic) bond motifs is 1. The number of nitrogens with one attached hydrogen (secondary N) is 4. The van der Waals surface area contributed by atoms with Crippen molar-refractivity contribution in [2.75, 3.05) is 7.05 Å². The fourth-order valence-corrected chi connectivity index (χ4v) is 3.64. The van der Waals surface area contributed by atoms with Crippen LogP contribution in [0.25, 0.3) is 10.9 Å². The maximum absolute atomic E-state index is 12.1. The lowest BCUT2D eigenvalue weighted by molar-refractivity contribution is -0.128. The second-order valence-corrected chi connectivity index (χ2v) is 8.37. The van der Waals surface area contributed by atoms with Gasteiger partial charge in [-0.05, 0) is 42.8 Å². The van der Waals surface area contributed by atoms with E-state index in [1.54, 1.807) is 18.3 Å². The molecule has 152 valence electrons. The lowest BCUT2D eigenvalue weighted by Crippen LogP contribution is -2.42. The molecule has 4 N–H and O–H groups in total. The largest absolute Gasteiger partial charge is 0.361 e. The van der Waals surface area contributed by atoms with E-state index in [4.69, 9.17) is 0 Å². The molecule has 0 radical (unpaired) electrons. The summed E-state index contributed by atoms with van der Waals surface area (Å²) in [5.41, 5.74) is 7.44. The zero-order chi connectivity index (χ0) is 20.9. The van der Waals surface area contributed by atoms with E-state index in [2.05, 4.69) is 20.6 Å². The molecule has 0 bridgehead atoms. The molecule has 0 aliphatic carbocycles. The fraction of sp³-hybridized carbons (Fsp3) is 0.200. The molecular weight excluding hydrogens is 392 g/mol. The van der Waals surface area contributed by atoms with Crippen LogP contribution in [0.3, 0.4) is 0 Å². The number of hydrazine groups is 1. The molecule has 1 heterocycles. The maximum atomic E-state index is 12.1. The van der Waals surface area contributed by atoms with Crippen LogP contribution in [0.15, 0.2) is 59.6 Å². The minimum absolute atomic E-state index is 0.145. The average molecular weight is 414 g/mol. The molecule has 8 nitrogen and oxygen atoms in total. The molecule has 0 fully saturated rings. The van der Waals surface area contributed by atoms with Crippen molar-refractivity contribution in [3.05, 3.63) is 65.9 Å². The predicted octanol–water partition coefficient (Wildman–Crippen LogP) is 1.40. The van der Waals surface area contributed by atoms with Gasteiger partial charge in [-0.15, -0.1) is 0 Å². The Kier molecular flexibility index (Phi) is 6.30. The number of rotatable bonds is 7. The fourth-order valence-electron chi connectivity index (χ4n) is 2.91. The summed E-state index contributed by atoms with van der Waals surface area (Å²) in [6, 6.07) is 14.0. The van der Waals surface area contributed by atoms with E-state index in [1.807, 2.05) is 24.3 Å². The first-order valence-electron chi connectivity index (χ1n) is 9.04. The highest BCUT2D eigenvalue weighted by atomic mass is 32.2. The Morgan fingerprint density at radius 1 is 0.966 bits per heavy atom. The van der Waals surface area contributed by atoms with Crippen LogP contribution in [0.5, 0.6) is 0 Å². The molecule has 9 heteroatoms. The minimum atomic E-state index is -3.48. The number of aromatic amines is 1. The molecular formula is C20H22N4O4S. The molecule has 0 saturated carbocycles. The second kappa shape index (κ2) is 8.89. The summed E-state index contributed by atoms with van der Waals surface area (Å²) in [6.45, 7) is 0. The summed E-state index contributed by atoms with van der Waals surface area (Å²) >= 11 is 0. The standard InChI is InChI=1S/C20H22N4O4S/c1-21-29(27,28)16-9-6-14(7-10-16)8-11-19(25)23-24-20(26)12-15-13-22-18-5-3-2-4-17(15)18/h2-7,9-10,13,21-22H,8,11-12H2,1H3,(H,23,25)(H,24,26). The molecule has 0 spiro atoms. The molecule has 29 heavy (non-hydrogen) atoms. The SMILES string of the molecule is CNS(=O)(=O)c1ccc(CCC(=O)NNC(=O)Cc2c[nH]c3ccccc23)cc1. The number of aromatic nitrogens is 1. The summed E-state index contributed by atoms with van der Waals surface area (Å²) < 4.78 is 25.6. The Hall–Kier alpha value is -3.17. The number of hydrogen-bond acceptors (Lipinski definition) is 4. The van der Waals surface area contributed by atoms with Gasteiger partial charge >= 0.3 is 0 Å². The number of para-hydroxylation sites is 1. The zero-order valence-corrected chi connectivity index (χ0v) is 16.7. The smallest absolute Gasteiger partial charge is 0.242 e. The number of hydrogen-bond donors (Lipinski definition) is 4. The van der Waals surface area contributed by atoms with Gasteiger partial charge in [-0.25, -0.2) is 13.1 Å². The topological polar surface area (TPSA) is 120 Å². The normalized spacial score (nSPS) is 11.3. The first kappa shape index (κ1) is 20.6. The van der Waals surface area contributed by atoms with Crippen LogP contribution in [-0.4, -0.2) is 32.3 Å². The minimum Gasteiger partial charge on any atom is -0.361 e. The van der Waals surface area contributed by atoms with Gasteiger partial charge in [0.25, 0.3) is 0 Å². The van der Waals surface area contributed by atoms with Crippen molar-refractivity contribution in [2.45, 2.75) is 24.2 Å². The van der Waals surface area contributed by atoms with Crippen molar-refractivity contribution in [3.8, 4) is 0 Å². The van der Waals surface area contributed by atoms with Crippen molar-refractivity contribution in [2.24, 2.45) is 0 Å². The number of amides is 2. The highest BCUT2D eigenvalue weighted by Gasteiger charge is 2.12. The monoisotopic (exact) mass is 414 g/mol. The highest BCUT2D eigenvalue weighted by Crippen LogP contribution is 2.17. The molecule has 2 aromatic carbocycles. The first-order valence-corrected chi connectivity index (χ1v) is 10.5. The number of H-pyrrole nitrogens is 1. The van der Waals surface area contributed by atoms with E-state index >= 15 is 0 Å². The maximum Gasteiger partial charge on any atom is 0.242 e. The van der Waals surface area contributed by atoms with E-state index in [1.165, 1.54) is 19.2 Å². The summed E-state index contributed by atoms with van der Waals surface area (Å²) in [7, 11) is -2.13. The lowest BCUT2D eigenvalue weighted by Gasteiger charge is -2.08. The van der Waals surface area contributed by atoms with Gasteiger partial charge in [0, 0.05) is 23.5 Å². The van der Waals surface area contributed by atoms with Crippen molar-refractivity contribution in [3.63, 3.8) is 0 Å². The Balaban J connectivity index is 1.45. The van der Waals surface area contributed by atoms with Crippen molar-refractivity contribution in [1.29, 1.82) is 0 Å². The lowest BCUT2D eigenvalue weighted by atomic mass is 10.1. The Bertz CT molecular complexity index is 1120. The van der Waals surface area contributed by atoms with E-state index in [-0.39, 0.29) is 29.6 Å². The quantitative estimate of drug-likeness (QED) is 0.437. The van der Waals surface area contributed by atoms with E-state index in [9.17, 15) is 18.0 Å². The molecule has 0 aliphatic heterocycles. The first-order chi connectivity index (χ1) is 13.9. The van der Waals surface area contributed by atoms with Crippen LogP contribution in [0, 0.1) is 0 Å². The third-order valence-electron chi connectivity index (χ3n) is 4.51. The van der Waals surface area contributed by atoms with Crippen molar-refractivity contribution < 1.29 is 18.0 Å². The summed E-state index contributed by atoms with van der Waals surface area (Å²) in [4.78, 5) is 27.3. The van der Waals surface area contributed by atoms with Gasteiger partial charge < -0.3 is 4.98 Å². The average Bonchev–Trinajstić information content (AvgIpc) is 3.14. The van der Waals surface area contributed by atoms with Gasteiger partial charge in [-0.3, -0.25) is 20.4 Å². The summed E-state index contributed by atoms with van der Waals surface area (Å²) in [6.07, 6.45) is 2.51. The second-order valence-electron chi connectivity index (χ2n) is 6.48. The van der Waals surface area contributed by atoms with Gasteiger partial charge in [-0.1, -0.05) is 30.3 Å². The Morgan fingerprint density at radius 2 is 1.66 bits per heavy atom. The Labute approximate surface area is 168 Å². The van der Waals surface area contributed by atoms with Crippen molar-refractivity contribution >= 4 is 32.7 Å². The van der Waals surface area contributed by atoms with Gasteiger partial charge in [0.15, 0.2) is 0 Å². The third kappa shape index (κ3) is 5.21.